The highest BCUT2D eigenvalue weighted by molar-refractivity contribution is 5.64. The molecule has 0 radical (unpaired) electrons. The minimum atomic E-state index is -3.92. The van der Waals surface area contributed by atoms with Gasteiger partial charge in [0.2, 0.25) is 0 Å². The van der Waals surface area contributed by atoms with Crippen molar-refractivity contribution >= 4 is 0 Å². The Morgan fingerprint density at radius 2 is 1.23 bits per heavy atom. The van der Waals surface area contributed by atoms with Gasteiger partial charge in [0.25, 0.3) is 0 Å². The van der Waals surface area contributed by atoms with Crippen molar-refractivity contribution in [3.63, 3.8) is 0 Å². The summed E-state index contributed by atoms with van der Waals surface area (Å²) in [4.78, 5) is 0. The van der Waals surface area contributed by atoms with E-state index in [1.165, 1.54) is 17.7 Å². The fourth-order valence-corrected chi connectivity index (χ4v) is 3.80. The van der Waals surface area contributed by atoms with Crippen molar-refractivity contribution < 1.29 is 35.5 Å². The van der Waals surface area contributed by atoms with E-state index in [1.807, 2.05) is 30.2 Å². The normalized spacial score (nSPS) is 11.2. The summed E-state index contributed by atoms with van der Waals surface area (Å²) in [5.41, 5.74) is 0.979. The van der Waals surface area contributed by atoms with Gasteiger partial charge in [-0.25, -0.2) is 22.0 Å². The topological polar surface area (TPSA) is 9.23 Å². The summed E-state index contributed by atoms with van der Waals surface area (Å²) in [5, 5.41) is 0. The van der Waals surface area contributed by atoms with Gasteiger partial charge in [-0.3, -0.25) is 0 Å². The highest BCUT2D eigenvalue weighted by atomic mass is 19.3. The van der Waals surface area contributed by atoms with Gasteiger partial charge in [0.1, 0.15) is 17.4 Å². The molecule has 0 aromatic heterocycles. The molecule has 0 heterocycles. The predicted octanol–water partition coefficient (Wildman–Crippen LogP) is 8.92. The van der Waals surface area contributed by atoms with Crippen LogP contribution in [0.1, 0.15) is 42.0 Å². The van der Waals surface area contributed by atoms with Crippen molar-refractivity contribution in [1.82, 2.24) is 0 Å². The first-order valence-corrected chi connectivity index (χ1v) is 12.0. The number of halogens is 7. The Labute approximate surface area is 220 Å². The van der Waals surface area contributed by atoms with E-state index in [9.17, 15) is 30.7 Å². The Morgan fingerprint density at radius 3 is 1.77 bits per heavy atom. The number of ether oxygens (including phenoxy) is 1. The van der Waals surface area contributed by atoms with Crippen LogP contribution >= 0.6 is 0 Å². The number of hydrogen-bond acceptors (Lipinski definition) is 1. The third-order valence-electron chi connectivity index (χ3n) is 5.90. The molecular formula is C31H21F7O. The summed E-state index contributed by atoms with van der Waals surface area (Å²) < 4.78 is 103. The average molecular weight is 542 g/mol. The molecule has 4 aromatic carbocycles. The van der Waals surface area contributed by atoms with Crippen LogP contribution in [0, 0.1) is 40.9 Å². The standard InChI is InChI=1S/C31H21F7O/c1-2-3-4-19-5-8-21(9-6-19)22-10-12-23(13-11-22)31(37,38)39-24-17-26(32)25(27(33)18-24)14-7-20-15-28(34)30(36)29(35)16-20/h5-6,8-13,15-18H,2-4H2,1H3. The summed E-state index contributed by atoms with van der Waals surface area (Å²) in [6.45, 7) is 2.11. The van der Waals surface area contributed by atoms with Gasteiger partial charge >= 0.3 is 6.11 Å². The average Bonchev–Trinajstić information content (AvgIpc) is 2.90. The molecule has 8 heteroatoms. The molecule has 1 nitrogen and oxygen atoms in total. The molecule has 0 aliphatic rings. The second-order valence-electron chi connectivity index (χ2n) is 8.76. The maximum Gasteiger partial charge on any atom is 0.426 e. The Kier molecular flexibility index (Phi) is 8.29. The summed E-state index contributed by atoms with van der Waals surface area (Å²) in [5.74, 6) is -4.11. The molecule has 4 aromatic rings. The van der Waals surface area contributed by atoms with Crippen LogP contribution in [0.3, 0.4) is 0 Å². The van der Waals surface area contributed by atoms with E-state index in [0.717, 1.165) is 37.0 Å². The van der Waals surface area contributed by atoms with Crippen LogP contribution in [0.4, 0.5) is 30.7 Å². The molecule has 0 amide bonds. The van der Waals surface area contributed by atoms with E-state index < -0.39 is 52.1 Å². The number of unbranched alkanes of at least 4 members (excludes halogenated alkanes) is 1. The molecule has 0 unspecified atom stereocenters. The van der Waals surface area contributed by atoms with Crippen LogP contribution in [0.15, 0.2) is 72.8 Å². The fourth-order valence-electron chi connectivity index (χ4n) is 3.80. The number of aryl methyl sites for hydroxylation is 1. The van der Waals surface area contributed by atoms with Gasteiger partial charge in [0.15, 0.2) is 17.5 Å². The predicted molar refractivity (Wildman–Crippen MR) is 134 cm³/mol. The first-order chi connectivity index (χ1) is 18.6. The molecule has 0 N–H and O–H groups in total. The largest absolute Gasteiger partial charge is 0.429 e. The zero-order chi connectivity index (χ0) is 28.2. The van der Waals surface area contributed by atoms with Gasteiger partial charge in [-0.15, -0.1) is 0 Å². The van der Waals surface area contributed by atoms with Crippen molar-refractivity contribution in [1.29, 1.82) is 0 Å². The smallest absolute Gasteiger partial charge is 0.426 e. The lowest BCUT2D eigenvalue weighted by atomic mass is 10.0. The van der Waals surface area contributed by atoms with Crippen LogP contribution in [-0.4, -0.2) is 0 Å². The van der Waals surface area contributed by atoms with Crippen molar-refractivity contribution in [3.05, 3.63) is 124 Å². The number of hydrogen-bond donors (Lipinski definition) is 0. The highest BCUT2D eigenvalue weighted by Crippen LogP contribution is 2.34. The van der Waals surface area contributed by atoms with Crippen molar-refractivity contribution in [3.8, 4) is 28.7 Å². The van der Waals surface area contributed by atoms with Crippen molar-refractivity contribution in [2.75, 3.05) is 0 Å². The molecule has 0 saturated carbocycles. The zero-order valence-corrected chi connectivity index (χ0v) is 20.6. The third-order valence-corrected chi connectivity index (χ3v) is 5.90. The fraction of sp³-hybridized carbons (Fsp3) is 0.161. The molecule has 0 aliphatic heterocycles. The zero-order valence-electron chi connectivity index (χ0n) is 20.6. The number of rotatable bonds is 7. The second-order valence-corrected chi connectivity index (χ2v) is 8.76. The molecule has 39 heavy (non-hydrogen) atoms. The van der Waals surface area contributed by atoms with Gasteiger partial charge in [0.05, 0.1) is 11.1 Å². The van der Waals surface area contributed by atoms with E-state index in [-0.39, 0.29) is 5.56 Å². The highest BCUT2D eigenvalue weighted by Gasteiger charge is 2.35. The molecule has 0 saturated heterocycles. The van der Waals surface area contributed by atoms with Crippen LogP contribution in [0.2, 0.25) is 0 Å². The van der Waals surface area contributed by atoms with Crippen molar-refractivity contribution in [2.24, 2.45) is 0 Å². The molecule has 200 valence electrons. The van der Waals surface area contributed by atoms with E-state index in [1.54, 1.807) is 0 Å². The summed E-state index contributed by atoms with van der Waals surface area (Å²) >= 11 is 0. The number of alkyl halides is 2. The summed E-state index contributed by atoms with van der Waals surface area (Å²) in [7, 11) is 0. The lowest BCUT2D eigenvalue weighted by Crippen LogP contribution is -2.22. The molecule has 0 atom stereocenters. The minimum absolute atomic E-state index is 0.382. The van der Waals surface area contributed by atoms with Crippen LogP contribution in [0.5, 0.6) is 5.75 Å². The van der Waals surface area contributed by atoms with Crippen LogP contribution < -0.4 is 4.74 Å². The maximum absolute atomic E-state index is 14.8. The third kappa shape index (κ3) is 6.61. The van der Waals surface area contributed by atoms with Gasteiger partial charge in [-0.1, -0.05) is 61.6 Å². The van der Waals surface area contributed by atoms with E-state index in [0.29, 0.717) is 29.8 Å². The SMILES string of the molecule is CCCCc1ccc(-c2ccc(C(F)(F)Oc3cc(F)c(C#Cc4cc(F)c(F)c(F)c4)c(F)c3)cc2)cc1. The lowest BCUT2D eigenvalue weighted by Gasteiger charge is -2.19. The molecular weight excluding hydrogens is 521 g/mol. The Bertz CT molecular complexity index is 1490. The summed E-state index contributed by atoms with van der Waals surface area (Å²) in [6, 6.07) is 15.2. The monoisotopic (exact) mass is 542 g/mol. The minimum Gasteiger partial charge on any atom is -0.429 e. The maximum atomic E-state index is 14.8. The van der Waals surface area contributed by atoms with Gasteiger partial charge in [-0.05, 0) is 53.8 Å². The van der Waals surface area contributed by atoms with Crippen LogP contribution in [0.25, 0.3) is 11.1 Å². The van der Waals surface area contributed by atoms with Gasteiger partial charge < -0.3 is 4.74 Å². The molecule has 0 spiro atoms. The molecule has 0 fully saturated rings. The Balaban J connectivity index is 1.50. The molecule has 4 rings (SSSR count). The molecule has 0 aliphatic carbocycles. The first-order valence-electron chi connectivity index (χ1n) is 12.0. The van der Waals surface area contributed by atoms with Crippen LogP contribution in [-0.2, 0) is 12.5 Å². The summed E-state index contributed by atoms with van der Waals surface area (Å²) in [6.07, 6.45) is -0.801. The van der Waals surface area contributed by atoms with E-state index in [4.69, 9.17) is 0 Å². The van der Waals surface area contributed by atoms with Crippen molar-refractivity contribution in [2.45, 2.75) is 32.3 Å². The lowest BCUT2D eigenvalue weighted by molar-refractivity contribution is -0.185. The Morgan fingerprint density at radius 1 is 0.692 bits per heavy atom. The number of benzene rings is 4. The first kappa shape index (κ1) is 27.8. The van der Waals surface area contributed by atoms with E-state index in [2.05, 4.69) is 17.6 Å². The quantitative estimate of drug-likeness (QED) is 0.129. The molecule has 0 bridgehead atoms. The van der Waals surface area contributed by atoms with Gasteiger partial charge in [0, 0.05) is 17.7 Å². The van der Waals surface area contributed by atoms with E-state index >= 15 is 0 Å². The second kappa shape index (κ2) is 11.6. The van der Waals surface area contributed by atoms with Gasteiger partial charge in [-0.2, -0.15) is 8.78 Å². The Hall–Kier alpha value is -4.25.